The molecule has 3 rings (SSSR count). The van der Waals surface area contributed by atoms with Gasteiger partial charge in [-0.1, -0.05) is 0 Å². The van der Waals surface area contributed by atoms with Gasteiger partial charge in [0, 0.05) is 33.0 Å². The molecule has 0 aliphatic carbocycles. The second kappa shape index (κ2) is 4.79. The monoisotopic (exact) mass is 261 g/mol. The summed E-state index contributed by atoms with van der Waals surface area (Å²) in [7, 11) is 1.98. The number of aromatic nitrogens is 3. The van der Waals surface area contributed by atoms with E-state index in [1.807, 2.05) is 17.7 Å². The molecule has 6 heteroatoms. The van der Waals surface area contributed by atoms with Gasteiger partial charge in [-0.05, 0) is 18.9 Å². The summed E-state index contributed by atoms with van der Waals surface area (Å²) < 4.78 is 7.41. The number of nitrogens with one attached hydrogen (secondary N) is 1. The molecular weight excluding hydrogens is 242 g/mol. The number of hydrogen-bond donors (Lipinski definition) is 2. The summed E-state index contributed by atoms with van der Waals surface area (Å²) in [5, 5.41) is 3.51. The first-order chi connectivity index (χ1) is 9.24. The number of hydrogen-bond acceptors (Lipinski definition) is 5. The van der Waals surface area contributed by atoms with Gasteiger partial charge in [-0.25, -0.2) is 9.97 Å². The summed E-state index contributed by atoms with van der Waals surface area (Å²) in [6.45, 7) is 2.05. The molecule has 0 atom stereocenters. The van der Waals surface area contributed by atoms with Gasteiger partial charge >= 0.3 is 0 Å². The summed E-state index contributed by atoms with van der Waals surface area (Å²) in [6, 6.07) is 1.96. The number of fused-ring (bicyclic) bond motifs is 1. The standard InChI is InChI=1S/C13H19N5O/c1-18-9-16-11-10(18)2-5-15-12(11)17-13(8-14)3-6-19-7-4-13/h2,5,9H,3-4,6-8,14H2,1H3,(H,15,17). The van der Waals surface area contributed by atoms with Crippen LogP contribution in [0, 0.1) is 0 Å². The highest BCUT2D eigenvalue weighted by atomic mass is 16.5. The molecular formula is C13H19N5O. The van der Waals surface area contributed by atoms with E-state index in [2.05, 4.69) is 15.3 Å². The lowest BCUT2D eigenvalue weighted by Gasteiger charge is -2.37. The number of nitrogens with two attached hydrogens (primary N) is 1. The highest BCUT2D eigenvalue weighted by Crippen LogP contribution is 2.27. The minimum Gasteiger partial charge on any atom is -0.381 e. The van der Waals surface area contributed by atoms with E-state index < -0.39 is 0 Å². The molecule has 0 aromatic carbocycles. The zero-order chi connectivity index (χ0) is 13.3. The molecule has 0 radical (unpaired) electrons. The molecule has 0 spiro atoms. The molecule has 3 heterocycles. The number of pyridine rings is 1. The van der Waals surface area contributed by atoms with Crippen LogP contribution in [0.3, 0.4) is 0 Å². The second-order valence-corrected chi connectivity index (χ2v) is 5.10. The Balaban J connectivity index is 1.95. The normalized spacial score (nSPS) is 18.6. The van der Waals surface area contributed by atoms with Crippen molar-refractivity contribution in [3.05, 3.63) is 18.6 Å². The van der Waals surface area contributed by atoms with Crippen LogP contribution in [0.4, 0.5) is 5.82 Å². The predicted molar refractivity (Wildman–Crippen MR) is 74.0 cm³/mol. The predicted octanol–water partition coefficient (Wildman–Crippen LogP) is 0.888. The number of aryl methyl sites for hydroxylation is 1. The molecule has 6 nitrogen and oxygen atoms in total. The smallest absolute Gasteiger partial charge is 0.154 e. The Morgan fingerprint density at radius 1 is 1.42 bits per heavy atom. The second-order valence-electron chi connectivity index (χ2n) is 5.10. The molecule has 19 heavy (non-hydrogen) atoms. The fourth-order valence-corrected chi connectivity index (χ4v) is 2.55. The van der Waals surface area contributed by atoms with Crippen molar-refractivity contribution in [1.29, 1.82) is 0 Å². The fraction of sp³-hybridized carbons (Fsp3) is 0.538. The molecule has 1 aliphatic heterocycles. The first kappa shape index (κ1) is 12.4. The molecule has 1 aliphatic rings. The molecule has 102 valence electrons. The van der Waals surface area contributed by atoms with Gasteiger partial charge in [0.1, 0.15) is 5.52 Å². The van der Waals surface area contributed by atoms with Crippen molar-refractivity contribution in [2.45, 2.75) is 18.4 Å². The van der Waals surface area contributed by atoms with Crippen molar-refractivity contribution in [3.63, 3.8) is 0 Å². The maximum atomic E-state index is 5.96. The highest BCUT2D eigenvalue weighted by molar-refractivity contribution is 5.86. The Morgan fingerprint density at radius 2 is 2.21 bits per heavy atom. The van der Waals surface area contributed by atoms with Crippen LogP contribution in [0.2, 0.25) is 0 Å². The topological polar surface area (TPSA) is 78.0 Å². The average Bonchev–Trinajstić information content (AvgIpc) is 2.83. The van der Waals surface area contributed by atoms with Crippen LogP contribution >= 0.6 is 0 Å². The Morgan fingerprint density at radius 3 is 2.95 bits per heavy atom. The van der Waals surface area contributed by atoms with Crippen molar-refractivity contribution in [2.75, 3.05) is 25.1 Å². The SMILES string of the molecule is Cn1cnc2c(NC3(CN)CCOCC3)nccc21. The van der Waals surface area contributed by atoms with Gasteiger partial charge in [-0.2, -0.15) is 0 Å². The maximum absolute atomic E-state index is 5.96. The van der Waals surface area contributed by atoms with Gasteiger partial charge in [0.2, 0.25) is 0 Å². The largest absolute Gasteiger partial charge is 0.381 e. The fourth-order valence-electron chi connectivity index (χ4n) is 2.55. The van der Waals surface area contributed by atoms with Crippen molar-refractivity contribution < 1.29 is 4.74 Å². The van der Waals surface area contributed by atoms with E-state index in [0.29, 0.717) is 6.54 Å². The molecule has 0 unspecified atom stereocenters. The average molecular weight is 261 g/mol. The molecule has 0 saturated carbocycles. The van der Waals surface area contributed by atoms with Crippen LogP contribution in [0.5, 0.6) is 0 Å². The minimum atomic E-state index is -0.128. The van der Waals surface area contributed by atoms with Gasteiger partial charge in [0.15, 0.2) is 5.82 Å². The molecule has 2 aromatic rings. The third-order valence-corrected chi connectivity index (χ3v) is 3.87. The van der Waals surface area contributed by atoms with E-state index >= 15 is 0 Å². The van der Waals surface area contributed by atoms with Crippen LogP contribution in [-0.2, 0) is 11.8 Å². The lowest BCUT2D eigenvalue weighted by molar-refractivity contribution is 0.0627. The highest BCUT2D eigenvalue weighted by Gasteiger charge is 2.32. The number of rotatable bonds is 3. The molecule has 1 saturated heterocycles. The van der Waals surface area contributed by atoms with Crippen molar-refractivity contribution >= 4 is 16.9 Å². The van der Waals surface area contributed by atoms with E-state index in [4.69, 9.17) is 10.5 Å². The van der Waals surface area contributed by atoms with Gasteiger partial charge < -0.3 is 20.4 Å². The third kappa shape index (κ3) is 2.17. The van der Waals surface area contributed by atoms with E-state index in [1.165, 1.54) is 0 Å². The first-order valence-corrected chi connectivity index (χ1v) is 6.56. The lowest BCUT2D eigenvalue weighted by atomic mass is 9.90. The van der Waals surface area contributed by atoms with E-state index in [9.17, 15) is 0 Å². The summed E-state index contributed by atoms with van der Waals surface area (Å²) in [6.07, 6.45) is 5.40. The summed E-state index contributed by atoms with van der Waals surface area (Å²) in [5.74, 6) is 0.811. The van der Waals surface area contributed by atoms with Crippen molar-refractivity contribution in [1.82, 2.24) is 14.5 Å². The van der Waals surface area contributed by atoms with Crippen LogP contribution < -0.4 is 11.1 Å². The summed E-state index contributed by atoms with van der Waals surface area (Å²) in [4.78, 5) is 8.84. The number of imidazole rings is 1. The maximum Gasteiger partial charge on any atom is 0.154 e. The number of ether oxygens (including phenoxy) is 1. The molecule has 0 amide bonds. The molecule has 3 N–H and O–H groups in total. The Bertz CT molecular complexity index is 573. The van der Waals surface area contributed by atoms with Crippen molar-refractivity contribution in [2.24, 2.45) is 12.8 Å². The van der Waals surface area contributed by atoms with Crippen LogP contribution in [0.25, 0.3) is 11.0 Å². The van der Waals surface area contributed by atoms with E-state index in [0.717, 1.165) is 42.9 Å². The molecule has 2 aromatic heterocycles. The summed E-state index contributed by atoms with van der Waals surface area (Å²) >= 11 is 0. The van der Waals surface area contributed by atoms with Crippen LogP contribution in [-0.4, -0.2) is 39.8 Å². The zero-order valence-corrected chi connectivity index (χ0v) is 11.1. The first-order valence-electron chi connectivity index (χ1n) is 6.56. The Hall–Kier alpha value is -1.66. The molecule has 0 bridgehead atoms. The van der Waals surface area contributed by atoms with Crippen molar-refractivity contribution in [3.8, 4) is 0 Å². The molecule has 1 fully saturated rings. The summed E-state index contributed by atoms with van der Waals surface area (Å²) in [5.41, 5.74) is 7.80. The Labute approximate surface area is 112 Å². The zero-order valence-electron chi connectivity index (χ0n) is 11.1. The van der Waals surface area contributed by atoms with Crippen LogP contribution in [0.1, 0.15) is 12.8 Å². The number of nitrogens with zero attached hydrogens (tertiary/aromatic N) is 3. The van der Waals surface area contributed by atoms with Gasteiger partial charge in [-0.3, -0.25) is 0 Å². The van der Waals surface area contributed by atoms with E-state index in [1.54, 1.807) is 12.5 Å². The Kier molecular flexibility index (Phi) is 3.12. The van der Waals surface area contributed by atoms with Gasteiger partial charge in [0.25, 0.3) is 0 Å². The number of anilines is 1. The van der Waals surface area contributed by atoms with E-state index in [-0.39, 0.29) is 5.54 Å². The third-order valence-electron chi connectivity index (χ3n) is 3.87. The van der Waals surface area contributed by atoms with Crippen LogP contribution in [0.15, 0.2) is 18.6 Å². The minimum absolute atomic E-state index is 0.128. The lowest BCUT2D eigenvalue weighted by Crippen LogP contribution is -2.49. The van der Waals surface area contributed by atoms with Gasteiger partial charge in [0.05, 0.1) is 17.4 Å². The quantitative estimate of drug-likeness (QED) is 0.858. The van der Waals surface area contributed by atoms with Gasteiger partial charge in [-0.15, -0.1) is 0 Å².